The summed E-state index contributed by atoms with van der Waals surface area (Å²) in [4.78, 5) is 32.6. The summed E-state index contributed by atoms with van der Waals surface area (Å²) in [6, 6.07) is 4.62. The van der Waals surface area contributed by atoms with Gasteiger partial charge in [0.15, 0.2) is 18.1 Å². The van der Waals surface area contributed by atoms with Crippen molar-refractivity contribution in [1.29, 1.82) is 0 Å². The maximum Gasteiger partial charge on any atom is 0.341 e. The first-order valence-electron chi connectivity index (χ1n) is 6.05. The second kappa shape index (κ2) is 8.25. The number of carboxylic acids is 1. The Bertz CT molecular complexity index is 599. The van der Waals surface area contributed by atoms with Crippen LogP contribution in [0.15, 0.2) is 23.3 Å². The first-order chi connectivity index (χ1) is 10.5. The lowest BCUT2D eigenvalue weighted by Crippen LogP contribution is -2.35. The molecule has 22 heavy (non-hydrogen) atoms. The molecular formula is C13H15N3O6. The van der Waals surface area contributed by atoms with Gasteiger partial charge in [-0.15, -0.1) is 0 Å². The second-order valence-corrected chi connectivity index (χ2v) is 3.87. The summed E-state index contributed by atoms with van der Waals surface area (Å²) in [6.07, 6.45) is 1.30. The van der Waals surface area contributed by atoms with Gasteiger partial charge in [0.05, 0.1) is 13.3 Å². The van der Waals surface area contributed by atoms with Crippen molar-refractivity contribution in [1.82, 2.24) is 10.7 Å². The van der Waals surface area contributed by atoms with Crippen molar-refractivity contribution < 1.29 is 29.0 Å². The van der Waals surface area contributed by atoms with Crippen molar-refractivity contribution in [2.75, 3.05) is 20.8 Å². The van der Waals surface area contributed by atoms with Crippen molar-refractivity contribution in [2.45, 2.75) is 0 Å². The van der Waals surface area contributed by atoms with Crippen LogP contribution >= 0.6 is 0 Å². The molecule has 0 atom stereocenters. The molecule has 3 N–H and O–H groups in total. The summed E-state index contributed by atoms with van der Waals surface area (Å²) < 4.78 is 10.1. The number of carboxylic acid groups (broad SMARTS) is 1. The third kappa shape index (κ3) is 5.12. The Kier molecular flexibility index (Phi) is 6.35. The van der Waals surface area contributed by atoms with E-state index in [4.69, 9.17) is 14.6 Å². The van der Waals surface area contributed by atoms with Crippen molar-refractivity contribution in [3.8, 4) is 11.5 Å². The lowest BCUT2D eigenvalue weighted by Gasteiger charge is -2.09. The summed E-state index contributed by atoms with van der Waals surface area (Å²) in [5.74, 6) is -2.25. The van der Waals surface area contributed by atoms with Crippen LogP contribution < -0.4 is 20.2 Å². The predicted molar refractivity (Wildman–Crippen MR) is 75.9 cm³/mol. The average molecular weight is 309 g/mol. The minimum absolute atomic E-state index is 0.261. The summed E-state index contributed by atoms with van der Waals surface area (Å²) in [5.41, 5.74) is 2.60. The lowest BCUT2D eigenvalue weighted by atomic mass is 10.2. The standard InChI is InChI=1S/C13H15N3O6/c1-14-12(19)13(20)16-15-6-8-3-4-9(10(5-8)21-2)22-7-11(17)18/h3-6H,7H2,1-2H3,(H,14,19)(H,16,20)(H,17,18)/b15-6-. The molecular weight excluding hydrogens is 294 g/mol. The van der Waals surface area contributed by atoms with Crippen LogP contribution in [0.3, 0.4) is 0 Å². The Morgan fingerprint density at radius 1 is 1.27 bits per heavy atom. The number of carbonyl (C=O) groups excluding carboxylic acids is 2. The SMILES string of the molecule is CNC(=O)C(=O)N/N=C\c1ccc(OCC(=O)O)c(OC)c1. The molecule has 0 bridgehead atoms. The van der Waals surface area contributed by atoms with Gasteiger partial charge in [0, 0.05) is 7.05 Å². The summed E-state index contributed by atoms with van der Waals surface area (Å²) >= 11 is 0. The Balaban J connectivity index is 2.74. The van der Waals surface area contributed by atoms with E-state index in [1.807, 2.05) is 5.43 Å². The van der Waals surface area contributed by atoms with E-state index in [1.54, 1.807) is 6.07 Å². The van der Waals surface area contributed by atoms with Crippen LogP contribution in [0.2, 0.25) is 0 Å². The van der Waals surface area contributed by atoms with Gasteiger partial charge >= 0.3 is 17.8 Å². The number of amides is 2. The van der Waals surface area contributed by atoms with E-state index in [-0.39, 0.29) is 5.75 Å². The quantitative estimate of drug-likeness (QED) is 0.364. The third-order valence-corrected chi connectivity index (χ3v) is 2.35. The Morgan fingerprint density at radius 3 is 2.59 bits per heavy atom. The molecule has 0 unspecified atom stereocenters. The van der Waals surface area contributed by atoms with Gasteiger partial charge < -0.3 is 19.9 Å². The first kappa shape index (κ1) is 17.0. The van der Waals surface area contributed by atoms with E-state index in [0.29, 0.717) is 11.3 Å². The molecule has 0 spiro atoms. The second-order valence-electron chi connectivity index (χ2n) is 3.87. The maximum atomic E-state index is 11.2. The van der Waals surface area contributed by atoms with Crippen molar-refractivity contribution in [3.05, 3.63) is 23.8 Å². The van der Waals surface area contributed by atoms with Gasteiger partial charge in [-0.2, -0.15) is 5.10 Å². The monoisotopic (exact) mass is 309 g/mol. The molecule has 0 saturated carbocycles. The smallest absolute Gasteiger partial charge is 0.341 e. The minimum Gasteiger partial charge on any atom is -0.493 e. The molecule has 0 saturated heterocycles. The van der Waals surface area contributed by atoms with Crippen molar-refractivity contribution >= 4 is 24.0 Å². The number of rotatable bonds is 6. The lowest BCUT2D eigenvalue weighted by molar-refractivity contribution is -0.139. The van der Waals surface area contributed by atoms with E-state index in [2.05, 4.69) is 10.4 Å². The highest BCUT2D eigenvalue weighted by Crippen LogP contribution is 2.27. The van der Waals surface area contributed by atoms with Crippen molar-refractivity contribution in [2.24, 2.45) is 5.10 Å². The van der Waals surface area contributed by atoms with Gasteiger partial charge in [0.1, 0.15) is 0 Å². The van der Waals surface area contributed by atoms with E-state index in [0.717, 1.165) is 0 Å². The fourth-order valence-corrected chi connectivity index (χ4v) is 1.35. The van der Waals surface area contributed by atoms with Gasteiger partial charge in [-0.05, 0) is 23.8 Å². The number of likely N-dealkylation sites (N-methyl/N-ethyl adjacent to an activating group) is 1. The number of benzene rings is 1. The molecule has 0 aliphatic carbocycles. The molecule has 0 fully saturated rings. The van der Waals surface area contributed by atoms with Gasteiger partial charge in [0.2, 0.25) is 0 Å². The zero-order valence-corrected chi connectivity index (χ0v) is 12.0. The van der Waals surface area contributed by atoms with E-state index >= 15 is 0 Å². The Morgan fingerprint density at radius 2 is 2.00 bits per heavy atom. The van der Waals surface area contributed by atoms with Crippen LogP contribution in [0.25, 0.3) is 0 Å². The number of methoxy groups -OCH3 is 1. The van der Waals surface area contributed by atoms with Crippen molar-refractivity contribution in [3.63, 3.8) is 0 Å². The minimum atomic E-state index is -1.11. The molecule has 2 amide bonds. The first-order valence-corrected chi connectivity index (χ1v) is 6.05. The summed E-state index contributed by atoms with van der Waals surface area (Å²) in [6.45, 7) is -0.494. The number of nitrogens with one attached hydrogen (secondary N) is 2. The van der Waals surface area contributed by atoms with Crippen LogP contribution in [0.1, 0.15) is 5.56 Å². The summed E-state index contributed by atoms with van der Waals surface area (Å²) in [7, 11) is 2.73. The van der Waals surface area contributed by atoms with Crippen LogP contribution in [0, 0.1) is 0 Å². The Labute approximate surface area is 125 Å². The number of ether oxygens (including phenoxy) is 2. The average Bonchev–Trinajstić information content (AvgIpc) is 2.52. The van der Waals surface area contributed by atoms with Crippen LogP contribution in [-0.2, 0) is 14.4 Å². The number of hydrogen-bond donors (Lipinski definition) is 3. The molecule has 1 rings (SSSR count). The predicted octanol–water partition coefficient (Wildman–Crippen LogP) is -0.645. The molecule has 0 aliphatic heterocycles. The normalized spacial score (nSPS) is 10.1. The Hall–Kier alpha value is -3.10. The third-order valence-electron chi connectivity index (χ3n) is 2.35. The van der Waals surface area contributed by atoms with Gasteiger partial charge in [-0.25, -0.2) is 10.2 Å². The molecule has 0 heterocycles. The molecule has 0 radical (unpaired) electrons. The van der Waals surface area contributed by atoms with Crippen LogP contribution in [0.5, 0.6) is 11.5 Å². The molecule has 9 heteroatoms. The van der Waals surface area contributed by atoms with Gasteiger partial charge in [-0.3, -0.25) is 9.59 Å². The summed E-state index contributed by atoms with van der Waals surface area (Å²) in [5, 5.41) is 14.3. The zero-order valence-electron chi connectivity index (χ0n) is 12.0. The van der Waals surface area contributed by atoms with E-state index < -0.39 is 24.4 Å². The topological polar surface area (TPSA) is 126 Å². The van der Waals surface area contributed by atoms with Crippen LogP contribution in [-0.4, -0.2) is 49.9 Å². The van der Waals surface area contributed by atoms with E-state index in [1.165, 1.54) is 32.5 Å². The molecule has 1 aromatic carbocycles. The number of hydrogen-bond acceptors (Lipinski definition) is 6. The molecule has 1 aromatic rings. The zero-order chi connectivity index (χ0) is 16.5. The highest BCUT2D eigenvalue weighted by molar-refractivity contribution is 6.34. The molecule has 118 valence electrons. The highest BCUT2D eigenvalue weighted by atomic mass is 16.5. The molecule has 0 aliphatic rings. The van der Waals surface area contributed by atoms with Crippen LogP contribution in [0.4, 0.5) is 0 Å². The van der Waals surface area contributed by atoms with E-state index in [9.17, 15) is 14.4 Å². The number of nitrogens with zero attached hydrogens (tertiary/aromatic N) is 1. The number of carbonyl (C=O) groups is 3. The fourth-order valence-electron chi connectivity index (χ4n) is 1.35. The number of aliphatic carboxylic acids is 1. The molecule has 0 aromatic heterocycles. The maximum absolute atomic E-state index is 11.2. The fraction of sp³-hybridized carbons (Fsp3) is 0.231. The number of hydrazone groups is 1. The van der Waals surface area contributed by atoms with Gasteiger partial charge in [0.25, 0.3) is 0 Å². The largest absolute Gasteiger partial charge is 0.493 e. The van der Waals surface area contributed by atoms with Gasteiger partial charge in [-0.1, -0.05) is 0 Å². The highest BCUT2D eigenvalue weighted by Gasteiger charge is 2.09. The molecule has 9 nitrogen and oxygen atoms in total.